The summed E-state index contributed by atoms with van der Waals surface area (Å²) < 4.78 is 10.6. The number of morpholine rings is 1. The van der Waals surface area contributed by atoms with Crippen LogP contribution in [0.3, 0.4) is 0 Å². The third-order valence-corrected chi connectivity index (χ3v) is 3.41. The molecule has 116 valence electrons. The number of rotatable bonds is 4. The van der Waals surface area contributed by atoms with Crippen LogP contribution in [-0.2, 0) is 9.53 Å². The molecule has 1 aliphatic heterocycles. The number of carbonyl (C=O) groups is 1. The van der Waals surface area contributed by atoms with Crippen molar-refractivity contribution in [3.63, 3.8) is 0 Å². The van der Waals surface area contributed by atoms with Crippen LogP contribution in [0.15, 0.2) is 18.2 Å². The van der Waals surface area contributed by atoms with Crippen LogP contribution in [0.5, 0.6) is 5.75 Å². The molecule has 6 heteroatoms. The first-order valence-electron chi connectivity index (χ1n) is 7.11. The Bertz CT molecular complexity index is 505. The van der Waals surface area contributed by atoms with Gasteiger partial charge in [0, 0.05) is 18.7 Å². The molecule has 3 N–H and O–H groups in total. The predicted octanol–water partition coefficient (Wildman–Crippen LogP) is 1.01. The number of amides is 1. The van der Waals surface area contributed by atoms with Crippen molar-refractivity contribution in [3.8, 4) is 5.75 Å². The Morgan fingerprint density at radius 3 is 2.90 bits per heavy atom. The number of anilines is 2. The van der Waals surface area contributed by atoms with E-state index in [0.717, 1.165) is 5.69 Å². The third kappa shape index (κ3) is 3.58. The Labute approximate surface area is 125 Å². The molecular formula is C15H23N3O3. The van der Waals surface area contributed by atoms with Gasteiger partial charge in [0.15, 0.2) is 0 Å². The summed E-state index contributed by atoms with van der Waals surface area (Å²) in [4.78, 5) is 14.3. The lowest BCUT2D eigenvalue weighted by molar-refractivity contribution is -0.125. The normalized spacial score (nSPS) is 18.7. The number of nitrogens with one attached hydrogen (secondary N) is 1. The lowest BCUT2D eigenvalue weighted by atomic mass is 10.1. The maximum atomic E-state index is 12.3. The summed E-state index contributed by atoms with van der Waals surface area (Å²) in [5.74, 6) is 0.660. The summed E-state index contributed by atoms with van der Waals surface area (Å²) >= 11 is 0. The van der Waals surface area contributed by atoms with Crippen molar-refractivity contribution >= 4 is 17.3 Å². The van der Waals surface area contributed by atoms with Crippen LogP contribution in [0.4, 0.5) is 11.4 Å². The van der Waals surface area contributed by atoms with Crippen LogP contribution in [0.2, 0.25) is 0 Å². The van der Waals surface area contributed by atoms with E-state index in [-0.39, 0.29) is 18.0 Å². The number of hydrogen-bond acceptors (Lipinski definition) is 5. The summed E-state index contributed by atoms with van der Waals surface area (Å²) in [6.45, 7) is 5.45. The molecule has 1 amide bonds. The fourth-order valence-corrected chi connectivity index (χ4v) is 2.41. The third-order valence-electron chi connectivity index (χ3n) is 3.41. The van der Waals surface area contributed by atoms with E-state index in [1.165, 1.54) is 0 Å². The molecule has 1 heterocycles. The SMILES string of the molecule is COc1ccc(N2CCOCC2C(=O)NC(C)C)c(N)c1. The molecule has 1 aromatic rings. The van der Waals surface area contributed by atoms with Crippen molar-refractivity contribution in [1.29, 1.82) is 0 Å². The number of nitrogens with two attached hydrogens (primary N) is 1. The molecule has 2 rings (SSSR count). The van der Waals surface area contributed by atoms with Gasteiger partial charge in [0.2, 0.25) is 5.91 Å². The largest absolute Gasteiger partial charge is 0.497 e. The van der Waals surface area contributed by atoms with Crippen LogP contribution < -0.4 is 20.7 Å². The molecule has 0 saturated carbocycles. The molecule has 0 bridgehead atoms. The first kappa shape index (κ1) is 15.4. The highest BCUT2D eigenvalue weighted by molar-refractivity contribution is 5.87. The maximum absolute atomic E-state index is 12.3. The molecule has 0 aromatic heterocycles. The number of nitrogen functional groups attached to an aromatic ring is 1. The maximum Gasteiger partial charge on any atom is 0.245 e. The van der Waals surface area contributed by atoms with Gasteiger partial charge in [0.1, 0.15) is 11.8 Å². The van der Waals surface area contributed by atoms with Gasteiger partial charge in [-0.15, -0.1) is 0 Å². The molecule has 1 aliphatic rings. The number of hydrogen-bond donors (Lipinski definition) is 2. The van der Waals surface area contributed by atoms with Crippen LogP contribution in [0.25, 0.3) is 0 Å². The minimum atomic E-state index is -0.364. The number of nitrogens with zero attached hydrogens (tertiary/aromatic N) is 1. The predicted molar refractivity (Wildman–Crippen MR) is 82.6 cm³/mol. The minimum absolute atomic E-state index is 0.0417. The topological polar surface area (TPSA) is 76.8 Å². The van der Waals surface area contributed by atoms with Crippen molar-refractivity contribution in [2.75, 3.05) is 37.5 Å². The van der Waals surface area contributed by atoms with E-state index in [9.17, 15) is 4.79 Å². The highest BCUT2D eigenvalue weighted by Crippen LogP contribution is 2.30. The molecule has 0 radical (unpaired) electrons. The molecule has 0 aliphatic carbocycles. The van der Waals surface area contributed by atoms with Gasteiger partial charge in [0.25, 0.3) is 0 Å². The molecule has 1 unspecified atom stereocenters. The zero-order chi connectivity index (χ0) is 15.4. The van der Waals surface area contributed by atoms with E-state index >= 15 is 0 Å². The first-order chi connectivity index (χ1) is 10.0. The average molecular weight is 293 g/mol. The summed E-state index contributed by atoms with van der Waals surface area (Å²) in [5.41, 5.74) is 7.53. The molecule has 6 nitrogen and oxygen atoms in total. The second-order valence-corrected chi connectivity index (χ2v) is 5.37. The van der Waals surface area contributed by atoms with Gasteiger partial charge < -0.3 is 25.4 Å². The lowest BCUT2D eigenvalue weighted by Crippen LogP contribution is -2.55. The Morgan fingerprint density at radius 1 is 1.52 bits per heavy atom. The molecule has 1 atom stereocenters. The second-order valence-electron chi connectivity index (χ2n) is 5.37. The summed E-state index contributed by atoms with van der Waals surface area (Å²) in [7, 11) is 1.60. The summed E-state index contributed by atoms with van der Waals surface area (Å²) in [6.07, 6.45) is 0. The van der Waals surface area contributed by atoms with E-state index in [2.05, 4.69) is 5.32 Å². The first-order valence-corrected chi connectivity index (χ1v) is 7.11. The van der Waals surface area contributed by atoms with Crippen LogP contribution in [0, 0.1) is 0 Å². The number of carbonyl (C=O) groups excluding carboxylic acids is 1. The Hall–Kier alpha value is -1.95. The van der Waals surface area contributed by atoms with E-state index in [1.54, 1.807) is 13.2 Å². The van der Waals surface area contributed by atoms with Gasteiger partial charge in [-0.25, -0.2) is 0 Å². The molecule has 1 aromatic carbocycles. The van der Waals surface area contributed by atoms with Gasteiger partial charge in [-0.1, -0.05) is 0 Å². The van der Waals surface area contributed by atoms with Gasteiger partial charge in [0.05, 0.1) is 31.7 Å². The van der Waals surface area contributed by atoms with Crippen LogP contribution in [0.1, 0.15) is 13.8 Å². The van der Waals surface area contributed by atoms with Gasteiger partial charge in [-0.3, -0.25) is 4.79 Å². The van der Waals surface area contributed by atoms with Gasteiger partial charge in [-0.2, -0.15) is 0 Å². The van der Waals surface area contributed by atoms with Crippen LogP contribution in [-0.4, -0.2) is 44.9 Å². The van der Waals surface area contributed by atoms with Crippen molar-refractivity contribution in [2.45, 2.75) is 25.9 Å². The van der Waals surface area contributed by atoms with E-state index < -0.39 is 0 Å². The van der Waals surface area contributed by atoms with Crippen molar-refractivity contribution < 1.29 is 14.3 Å². The number of benzene rings is 1. The highest BCUT2D eigenvalue weighted by Gasteiger charge is 2.30. The van der Waals surface area contributed by atoms with E-state index in [1.807, 2.05) is 30.9 Å². The van der Waals surface area contributed by atoms with Gasteiger partial charge in [-0.05, 0) is 26.0 Å². The second kappa shape index (κ2) is 6.67. The highest BCUT2D eigenvalue weighted by atomic mass is 16.5. The minimum Gasteiger partial charge on any atom is -0.497 e. The average Bonchev–Trinajstić information content (AvgIpc) is 2.46. The smallest absolute Gasteiger partial charge is 0.245 e. The lowest BCUT2D eigenvalue weighted by Gasteiger charge is -2.37. The zero-order valence-corrected chi connectivity index (χ0v) is 12.8. The molecule has 21 heavy (non-hydrogen) atoms. The van der Waals surface area contributed by atoms with E-state index in [0.29, 0.717) is 31.2 Å². The van der Waals surface area contributed by atoms with Gasteiger partial charge >= 0.3 is 0 Å². The fraction of sp³-hybridized carbons (Fsp3) is 0.533. The van der Waals surface area contributed by atoms with Crippen molar-refractivity contribution in [3.05, 3.63) is 18.2 Å². The quantitative estimate of drug-likeness (QED) is 0.810. The van der Waals surface area contributed by atoms with Crippen molar-refractivity contribution in [2.24, 2.45) is 0 Å². The van der Waals surface area contributed by atoms with E-state index in [4.69, 9.17) is 15.2 Å². The molecule has 1 fully saturated rings. The summed E-state index contributed by atoms with van der Waals surface area (Å²) in [6, 6.07) is 5.22. The van der Waals surface area contributed by atoms with Crippen molar-refractivity contribution in [1.82, 2.24) is 5.32 Å². The number of ether oxygens (including phenoxy) is 2. The zero-order valence-electron chi connectivity index (χ0n) is 12.8. The monoisotopic (exact) mass is 293 g/mol. The Morgan fingerprint density at radius 2 is 2.29 bits per heavy atom. The Balaban J connectivity index is 2.24. The molecular weight excluding hydrogens is 270 g/mol. The summed E-state index contributed by atoms with van der Waals surface area (Å²) in [5, 5.41) is 2.93. The fourth-order valence-electron chi connectivity index (χ4n) is 2.41. The Kier molecular flexibility index (Phi) is 4.90. The standard InChI is InChI=1S/C15H23N3O3/c1-10(2)17-15(19)14-9-21-7-6-18(14)13-5-4-11(20-3)8-12(13)16/h4-5,8,10,14H,6-7,9,16H2,1-3H3,(H,17,19). The number of methoxy groups -OCH3 is 1. The molecule has 0 spiro atoms. The molecule has 1 saturated heterocycles. The van der Waals surface area contributed by atoms with Crippen LogP contribution >= 0.6 is 0 Å².